The lowest BCUT2D eigenvalue weighted by molar-refractivity contribution is -0.146. The fourth-order valence-corrected chi connectivity index (χ4v) is 5.44. The lowest BCUT2D eigenvalue weighted by atomic mass is 9.63. The number of carbonyl (C=O) groups is 3. The number of anilines is 1. The quantitative estimate of drug-likeness (QED) is 0.641. The van der Waals surface area contributed by atoms with Crippen LogP contribution in [0.15, 0.2) is 54.6 Å². The number of nitrogens with zero attached hydrogens (tertiary/aromatic N) is 1. The van der Waals surface area contributed by atoms with Crippen molar-refractivity contribution < 1.29 is 14.4 Å². The highest BCUT2D eigenvalue weighted by atomic mass is 16.2. The minimum Gasteiger partial charge on any atom is -0.324 e. The maximum atomic E-state index is 13.2. The Balaban J connectivity index is 1.43. The van der Waals surface area contributed by atoms with E-state index < -0.39 is 6.04 Å². The maximum Gasteiger partial charge on any atom is 0.247 e. The maximum absolute atomic E-state index is 13.2. The number of amides is 3. The average Bonchev–Trinajstić information content (AvgIpc) is 3.03. The van der Waals surface area contributed by atoms with Gasteiger partial charge in [0.2, 0.25) is 17.7 Å². The Kier molecular flexibility index (Phi) is 4.26. The lowest BCUT2D eigenvalue weighted by Crippen LogP contribution is -2.47. The molecule has 5 atom stereocenters. The molecule has 1 aliphatic heterocycles. The second kappa shape index (κ2) is 6.83. The van der Waals surface area contributed by atoms with E-state index in [-0.39, 0.29) is 41.4 Å². The number of likely N-dealkylation sites (tertiary alicyclic amines) is 1. The molecule has 5 heteroatoms. The molecule has 0 aromatic heterocycles. The molecule has 2 bridgehead atoms. The smallest absolute Gasteiger partial charge is 0.247 e. The van der Waals surface area contributed by atoms with E-state index in [1.54, 1.807) is 0 Å². The van der Waals surface area contributed by atoms with Crippen LogP contribution in [0.25, 0.3) is 10.8 Å². The number of imide groups is 1. The molecule has 2 aromatic carbocycles. The zero-order chi connectivity index (χ0) is 20.1. The molecular formula is C24H24N2O3. The summed E-state index contributed by atoms with van der Waals surface area (Å²) in [5, 5.41) is 4.94. The molecule has 2 fully saturated rings. The molecule has 3 amide bonds. The molecule has 2 aromatic rings. The van der Waals surface area contributed by atoms with Crippen LogP contribution in [-0.2, 0) is 14.4 Å². The first-order chi connectivity index (χ1) is 14.1. The Labute approximate surface area is 169 Å². The molecule has 5 nitrogen and oxygen atoms in total. The summed E-state index contributed by atoms with van der Waals surface area (Å²) in [6, 6.07) is 12.8. The van der Waals surface area contributed by atoms with E-state index in [0.29, 0.717) is 12.1 Å². The van der Waals surface area contributed by atoms with Crippen LogP contribution in [-0.4, -0.2) is 28.7 Å². The molecule has 0 unspecified atom stereocenters. The highest BCUT2D eigenvalue weighted by molar-refractivity contribution is 6.11. The summed E-state index contributed by atoms with van der Waals surface area (Å²) in [5.41, 5.74) is 0.699. The summed E-state index contributed by atoms with van der Waals surface area (Å²) in [6.45, 7) is 1.85. The minimum atomic E-state index is -0.779. The van der Waals surface area contributed by atoms with E-state index in [0.717, 1.165) is 23.6 Å². The van der Waals surface area contributed by atoms with E-state index in [2.05, 4.69) is 17.5 Å². The number of hydrogen-bond acceptors (Lipinski definition) is 3. The molecule has 1 N–H and O–H groups in total. The predicted molar refractivity (Wildman–Crippen MR) is 111 cm³/mol. The van der Waals surface area contributed by atoms with Gasteiger partial charge < -0.3 is 5.32 Å². The van der Waals surface area contributed by atoms with Gasteiger partial charge in [-0.2, -0.15) is 0 Å². The first-order valence-corrected chi connectivity index (χ1v) is 10.4. The molecule has 0 spiro atoms. The van der Waals surface area contributed by atoms with Crippen LogP contribution in [0.3, 0.4) is 0 Å². The monoisotopic (exact) mass is 388 g/mol. The molecule has 29 heavy (non-hydrogen) atoms. The Hall–Kier alpha value is -2.95. The van der Waals surface area contributed by atoms with Gasteiger partial charge in [0.05, 0.1) is 11.8 Å². The van der Waals surface area contributed by atoms with Gasteiger partial charge in [0.15, 0.2) is 0 Å². The van der Waals surface area contributed by atoms with E-state index >= 15 is 0 Å². The summed E-state index contributed by atoms with van der Waals surface area (Å²) < 4.78 is 0. The van der Waals surface area contributed by atoms with Crippen LogP contribution >= 0.6 is 0 Å². The van der Waals surface area contributed by atoms with Crippen molar-refractivity contribution in [1.29, 1.82) is 0 Å². The number of hydrogen-bond donors (Lipinski definition) is 1. The van der Waals surface area contributed by atoms with E-state index in [1.165, 1.54) is 4.90 Å². The first kappa shape index (κ1) is 18.1. The van der Waals surface area contributed by atoms with Gasteiger partial charge in [-0.1, -0.05) is 55.5 Å². The van der Waals surface area contributed by atoms with Crippen molar-refractivity contribution in [2.45, 2.75) is 32.2 Å². The first-order valence-electron chi connectivity index (χ1n) is 10.4. The lowest BCUT2D eigenvalue weighted by Gasteiger charge is -2.38. The number of rotatable bonds is 4. The minimum absolute atomic E-state index is 0.130. The molecule has 1 saturated carbocycles. The number of fused-ring (bicyclic) bond motifs is 2. The molecule has 148 valence electrons. The summed E-state index contributed by atoms with van der Waals surface area (Å²) >= 11 is 0. The SMILES string of the molecule is CC[C@H](C(=O)Nc1cccc2ccccc12)N1C(=O)[C@@H]2[C@@H](C1=O)[C@H]1C=C[C@H]2CC1. The normalized spacial score (nSPS) is 28.7. The predicted octanol–water partition coefficient (Wildman–Crippen LogP) is 3.75. The number of carbonyl (C=O) groups excluding carboxylic acids is 3. The fraction of sp³-hybridized carbons (Fsp3) is 0.375. The summed E-state index contributed by atoms with van der Waals surface area (Å²) in [6.07, 6.45) is 6.50. The highest BCUT2D eigenvalue weighted by Crippen LogP contribution is 2.50. The fourth-order valence-electron chi connectivity index (χ4n) is 5.44. The molecule has 3 aliphatic carbocycles. The van der Waals surface area contributed by atoms with Gasteiger partial charge in [-0.05, 0) is 42.6 Å². The molecule has 6 rings (SSSR count). The standard InChI is InChI=1S/C24H24N2O3/c1-2-19(22(27)25-18-9-5-7-14-6-3-4-8-17(14)18)26-23(28)20-15-10-11-16(13-12-15)21(20)24(26)29/h3-11,15-16,19-21H,2,12-13H2,1H3,(H,25,27)/t15-,16-,19+,20-,21-/m0/s1. The summed E-state index contributed by atoms with van der Waals surface area (Å²) in [7, 11) is 0. The van der Waals surface area contributed by atoms with Crippen LogP contribution in [0.4, 0.5) is 5.69 Å². The van der Waals surface area contributed by atoms with Gasteiger partial charge in [0, 0.05) is 11.1 Å². The van der Waals surface area contributed by atoms with Gasteiger partial charge in [-0.15, -0.1) is 0 Å². The molecule has 4 aliphatic rings. The molecule has 1 heterocycles. The molecule has 0 radical (unpaired) electrons. The second-order valence-electron chi connectivity index (χ2n) is 8.33. The van der Waals surface area contributed by atoms with Crippen LogP contribution in [0.5, 0.6) is 0 Å². The van der Waals surface area contributed by atoms with Gasteiger partial charge in [-0.25, -0.2) is 0 Å². The highest BCUT2D eigenvalue weighted by Gasteiger charge is 2.58. The number of benzene rings is 2. The topological polar surface area (TPSA) is 66.5 Å². The number of nitrogens with one attached hydrogen (secondary N) is 1. The third-order valence-electron chi connectivity index (χ3n) is 6.84. The molecule has 1 saturated heterocycles. The Morgan fingerprint density at radius 3 is 2.24 bits per heavy atom. The van der Waals surface area contributed by atoms with E-state index in [9.17, 15) is 14.4 Å². The van der Waals surface area contributed by atoms with Crippen LogP contribution < -0.4 is 5.32 Å². The van der Waals surface area contributed by atoms with Crippen molar-refractivity contribution in [2.24, 2.45) is 23.7 Å². The van der Waals surface area contributed by atoms with Gasteiger partial charge in [-0.3, -0.25) is 19.3 Å². The second-order valence-corrected chi connectivity index (χ2v) is 8.33. The zero-order valence-corrected chi connectivity index (χ0v) is 16.4. The van der Waals surface area contributed by atoms with Crippen molar-refractivity contribution >= 4 is 34.2 Å². The van der Waals surface area contributed by atoms with E-state index in [4.69, 9.17) is 0 Å². The van der Waals surface area contributed by atoms with Crippen molar-refractivity contribution in [3.05, 3.63) is 54.6 Å². The van der Waals surface area contributed by atoms with Crippen molar-refractivity contribution in [2.75, 3.05) is 5.32 Å². The third kappa shape index (κ3) is 2.71. The van der Waals surface area contributed by atoms with Crippen molar-refractivity contribution in [1.82, 2.24) is 4.90 Å². The average molecular weight is 388 g/mol. The van der Waals surface area contributed by atoms with Gasteiger partial charge in [0.1, 0.15) is 6.04 Å². The van der Waals surface area contributed by atoms with Crippen LogP contribution in [0.1, 0.15) is 26.2 Å². The zero-order valence-electron chi connectivity index (χ0n) is 16.4. The molecular weight excluding hydrogens is 364 g/mol. The van der Waals surface area contributed by atoms with Crippen molar-refractivity contribution in [3.63, 3.8) is 0 Å². The third-order valence-corrected chi connectivity index (χ3v) is 6.84. The van der Waals surface area contributed by atoms with Gasteiger partial charge >= 0.3 is 0 Å². The Bertz CT molecular complexity index is 1010. The van der Waals surface area contributed by atoms with Gasteiger partial charge in [0.25, 0.3) is 0 Å². The Morgan fingerprint density at radius 1 is 1.00 bits per heavy atom. The Morgan fingerprint density at radius 2 is 1.62 bits per heavy atom. The largest absolute Gasteiger partial charge is 0.324 e. The van der Waals surface area contributed by atoms with Crippen LogP contribution in [0, 0.1) is 23.7 Å². The summed E-state index contributed by atoms with van der Waals surface area (Å²) in [5.74, 6) is -0.950. The summed E-state index contributed by atoms with van der Waals surface area (Å²) in [4.78, 5) is 40.9. The van der Waals surface area contributed by atoms with E-state index in [1.807, 2.05) is 49.4 Å². The van der Waals surface area contributed by atoms with Crippen molar-refractivity contribution in [3.8, 4) is 0 Å². The number of allylic oxidation sites excluding steroid dienone is 2. The van der Waals surface area contributed by atoms with Crippen LogP contribution in [0.2, 0.25) is 0 Å².